The molecule has 0 bridgehead atoms. The number of rotatable bonds is 10. The predicted molar refractivity (Wildman–Crippen MR) is 175 cm³/mol. The highest BCUT2D eigenvalue weighted by molar-refractivity contribution is 6.09. The summed E-state index contributed by atoms with van der Waals surface area (Å²) in [4.78, 5) is 50.6. The molecule has 0 spiro atoms. The summed E-state index contributed by atoms with van der Waals surface area (Å²) in [6.45, 7) is 4.87. The molecule has 1 N–H and O–H groups in total. The van der Waals surface area contributed by atoms with Crippen LogP contribution in [-0.4, -0.2) is 49.4 Å². The van der Waals surface area contributed by atoms with Gasteiger partial charge in [0.05, 0.1) is 42.1 Å². The normalized spacial score (nSPS) is 13.2. The minimum absolute atomic E-state index is 0.109. The number of nitro benzene ring substituents is 1. The average molecular weight is 640 g/mol. The molecule has 4 aromatic rings. The van der Waals surface area contributed by atoms with Crippen LogP contribution in [0.5, 0.6) is 23.0 Å². The topological polar surface area (TPSA) is 147 Å². The van der Waals surface area contributed by atoms with Gasteiger partial charge in [-0.25, -0.2) is 4.79 Å². The van der Waals surface area contributed by atoms with E-state index in [4.69, 9.17) is 18.9 Å². The first-order chi connectivity index (χ1) is 22.3. The maximum absolute atomic E-state index is 13.4. The standard InChI is InChI=1S/C35H33N3O9/c1-20(39)21-8-7-9-22(16-21)33(40)47-24-11-12-26(30(18-24)45-6)25-13-14-28-32(37(4)34(41)35(2,3)36-28)27(25)19-46-31-17-23(38(42)43)10-15-29(31)44-5/h7-18,36H,19H2,1-6H3. The summed E-state index contributed by atoms with van der Waals surface area (Å²) >= 11 is 0. The molecule has 1 aliphatic rings. The number of likely N-dealkylation sites (N-methyl/N-ethyl adjacent to an activating group) is 1. The van der Waals surface area contributed by atoms with Gasteiger partial charge < -0.3 is 29.2 Å². The Kier molecular flexibility index (Phi) is 8.87. The number of ether oxygens (including phenoxy) is 4. The van der Waals surface area contributed by atoms with Crippen LogP contribution in [0, 0.1) is 10.1 Å². The van der Waals surface area contributed by atoms with Crippen molar-refractivity contribution in [2.75, 3.05) is 31.5 Å². The second kappa shape index (κ2) is 12.8. The van der Waals surface area contributed by atoms with Gasteiger partial charge in [-0.1, -0.05) is 18.2 Å². The van der Waals surface area contributed by atoms with Crippen molar-refractivity contribution in [3.05, 3.63) is 99.6 Å². The van der Waals surface area contributed by atoms with Gasteiger partial charge in [-0.3, -0.25) is 19.7 Å². The summed E-state index contributed by atoms with van der Waals surface area (Å²) in [5.41, 5.74) is 2.61. The van der Waals surface area contributed by atoms with Crippen molar-refractivity contribution in [1.82, 2.24) is 0 Å². The molecular weight excluding hydrogens is 606 g/mol. The number of anilines is 2. The fourth-order valence-electron chi connectivity index (χ4n) is 5.46. The number of hydrogen-bond acceptors (Lipinski definition) is 10. The summed E-state index contributed by atoms with van der Waals surface area (Å²) in [7, 11) is 4.58. The molecule has 0 fully saturated rings. The first-order valence-electron chi connectivity index (χ1n) is 14.5. The third-order valence-electron chi connectivity index (χ3n) is 7.81. The Morgan fingerprint density at radius 2 is 1.60 bits per heavy atom. The van der Waals surface area contributed by atoms with Gasteiger partial charge in [0.25, 0.3) is 11.6 Å². The van der Waals surface area contributed by atoms with Gasteiger partial charge in [-0.2, -0.15) is 0 Å². The summed E-state index contributed by atoms with van der Waals surface area (Å²) in [6, 6.07) is 18.9. The van der Waals surface area contributed by atoms with Crippen molar-refractivity contribution in [1.29, 1.82) is 0 Å². The van der Waals surface area contributed by atoms with Crippen LogP contribution in [0.1, 0.15) is 47.1 Å². The van der Waals surface area contributed by atoms with Crippen LogP contribution in [-0.2, 0) is 11.4 Å². The van der Waals surface area contributed by atoms with E-state index in [0.29, 0.717) is 45.1 Å². The number of nitro groups is 1. The van der Waals surface area contributed by atoms with Gasteiger partial charge in [-0.15, -0.1) is 0 Å². The van der Waals surface area contributed by atoms with Crippen LogP contribution in [0.15, 0.2) is 72.8 Å². The zero-order chi connectivity index (χ0) is 34.0. The number of ketones is 1. The van der Waals surface area contributed by atoms with Crippen LogP contribution in [0.2, 0.25) is 0 Å². The average Bonchev–Trinajstić information content (AvgIpc) is 3.05. The summed E-state index contributed by atoms with van der Waals surface area (Å²) in [5, 5.41) is 14.8. The molecular formula is C35H33N3O9. The van der Waals surface area contributed by atoms with Gasteiger partial charge in [0.1, 0.15) is 23.6 Å². The van der Waals surface area contributed by atoms with Gasteiger partial charge in [-0.05, 0) is 62.7 Å². The number of non-ortho nitro benzene ring substituents is 1. The number of methoxy groups -OCH3 is 2. The molecule has 242 valence electrons. The molecule has 12 nitrogen and oxygen atoms in total. The predicted octanol–water partition coefficient (Wildman–Crippen LogP) is 6.45. The molecule has 0 aliphatic carbocycles. The number of Topliss-reactive ketones (excluding diaryl/α,β-unsaturated/α-hetero) is 1. The Morgan fingerprint density at radius 1 is 0.894 bits per heavy atom. The van der Waals surface area contributed by atoms with Crippen LogP contribution >= 0.6 is 0 Å². The molecule has 0 unspecified atom stereocenters. The van der Waals surface area contributed by atoms with Crippen LogP contribution in [0.4, 0.5) is 17.1 Å². The number of carbonyl (C=O) groups is 3. The summed E-state index contributed by atoms with van der Waals surface area (Å²) in [6.07, 6.45) is 0. The van der Waals surface area contributed by atoms with Crippen molar-refractivity contribution in [2.45, 2.75) is 32.9 Å². The number of esters is 1. The number of nitrogens with zero attached hydrogens (tertiary/aromatic N) is 2. The van der Waals surface area contributed by atoms with Gasteiger partial charge >= 0.3 is 5.97 Å². The summed E-state index contributed by atoms with van der Waals surface area (Å²) < 4.78 is 22.9. The maximum Gasteiger partial charge on any atom is 0.343 e. The molecule has 4 aromatic carbocycles. The quantitative estimate of drug-likeness (QED) is 0.0675. The van der Waals surface area contributed by atoms with Gasteiger partial charge in [0, 0.05) is 35.9 Å². The zero-order valence-electron chi connectivity index (χ0n) is 26.7. The van der Waals surface area contributed by atoms with E-state index in [-0.39, 0.29) is 41.0 Å². The lowest BCUT2D eigenvalue weighted by Crippen LogP contribution is -2.52. The fourth-order valence-corrected chi connectivity index (χ4v) is 5.46. The third-order valence-corrected chi connectivity index (χ3v) is 7.81. The molecule has 0 atom stereocenters. The van der Waals surface area contributed by atoms with Crippen LogP contribution in [0.3, 0.4) is 0 Å². The maximum atomic E-state index is 13.4. The van der Waals surface area contributed by atoms with Crippen molar-refractivity contribution < 1.29 is 38.3 Å². The Hall–Kier alpha value is -5.91. The molecule has 0 radical (unpaired) electrons. The highest BCUT2D eigenvalue weighted by Gasteiger charge is 2.39. The Bertz CT molecular complexity index is 1920. The van der Waals surface area contributed by atoms with E-state index in [1.165, 1.54) is 45.4 Å². The minimum atomic E-state index is -0.877. The van der Waals surface area contributed by atoms with E-state index in [2.05, 4.69) is 5.32 Å². The molecule has 5 rings (SSSR count). The smallest absolute Gasteiger partial charge is 0.343 e. The second-order valence-electron chi connectivity index (χ2n) is 11.4. The largest absolute Gasteiger partial charge is 0.496 e. The number of fused-ring (bicyclic) bond motifs is 1. The van der Waals surface area contributed by atoms with Crippen molar-refractivity contribution in [2.24, 2.45) is 0 Å². The molecule has 1 heterocycles. The van der Waals surface area contributed by atoms with Crippen LogP contribution in [0.25, 0.3) is 11.1 Å². The number of benzene rings is 4. The van der Waals surface area contributed by atoms with Gasteiger partial charge in [0.2, 0.25) is 0 Å². The minimum Gasteiger partial charge on any atom is -0.496 e. The number of amides is 1. The highest BCUT2D eigenvalue weighted by atomic mass is 16.6. The number of nitrogens with one attached hydrogen (secondary N) is 1. The van der Waals surface area contributed by atoms with Crippen molar-refractivity contribution >= 4 is 34.7 Å². The van der Waals surface area contributed by atoms with E-state index in [1.54, 1.807) is 62.2 Å². The molecule has 12 heteroatoms. The second-order valence-corrected chi connectivity index (χ2v) is 11.4. The number of carbonyl (C=O) groups excluding carboxylic acids is 3. The van der Waals surface area contributed by atoms with E-state index >= 15 is 0 Å². The van der Waals surface area contributed by atoms with E-state index in [9.17, 15) is 24.5 Å². The third kappa shape index (κ3) is 6.43. The van der Waals surface area contributed by atoms with Crippen molar-refractivity contribution in [3.8, 4) is 34.1 Å². The Labute approximate surface area is 271 Å². The SMILES string of the molecule is COc1ccc([N+](=O)[O-])cc1OCc1c(-c2ccc(OC(=O)c3cccc(C(C)=O)c3)cc2OC)ccc2c1N(C)C(=O)C(C)(C)N2. The Morgan fingerprint density at radius 3 is 2.28 bits per heavy atom. The Balaban J connectivity index is 1.57. The lowest BCUT2D eigenvalue weighted by molar-refractivity contribution is -0.385. The first-order valence-corrected chi connectivity index (χ1v) is 14.5. The monoisotopic (exact) mass is 639 g/mol. The molecule has 0 saturated carbocycles. The van der Waals surface area contributed by atoms with E-state index in [0.717, 1.165) is 0 Å². The summed E-state index contributed by atoms with van der Waals surface area (Å²) in [5.74, 6) is 0.00157. The van der Waals surface area contributed by atoms with E-state index in [1.807, 2.05) is 12.1 Å². The first kappa shape index (κ1) is 32.5. The molecule has 1 amide bonds. The lowest BCUT2D eigenvalue weighted by atomic mass is 9.91. The molecule has 0 aromatic heterocycles. The zero-order valence-corrected chi connectivity index (χ0v) is 26.7. The van der Waals surface area contributed by atoms with Crippen molar-refractivity contribution in [3.63, 3.8) is 0 Å². The van der Waals surface area contributed by atoms with Crippen LogP contribution < -0.4 is 29.2 Å². The molecule has 0 saturated heterocycles. The molecule has 47 heavy (non-hydrogen) atoms. The van der Waals surface area contributed by atoms with E-state index < -0.39 is 16.4 Å². The number of hydrogen-bond donors (Lipinski definition) is 1. The highest BCUT2D eigenvalue weighted by Crippen LogP contribution is 2.45. The lowest BCUT2D eigenvalue weighted by Gasteiger charge is -2.39. The van der Waals surface area contributed by atoms with Gasteiger partial charge in [0.15, 0.2) is 17.3 Å². The fraction of sp³-hybridized carbons (Fsp3) is 0.229. The molecule has 1 aliphatic heterocycles.